The van der Waals surface area contributed by atoms with E-state index in [1.54, 1.807) is 16.7 Å². The summed E-state index contributed by atoms with van der Waals surface area (Å²) < 4.78 is 5.45. The third-order valence-electron chi connectivity index (χ3n) is 3.79. The van der Waals surface area contributed by atoms with Crippen LogP contribution in [0.15, 0.2) is 33.8 Å². The highest BCUT2D eigenvalue weighted by Crippen LogP contribution is 2.41. The van der Waals surface area contributed by atoms with Crippen molar-refractivity contribution in [2.24, 2.45) is 10.9 Å². The summed E-state index contributed by atoms with van der Waals surface area (Å²) in [6, 6.07) is 3.45. The van der Waals surface area contributed by atoms with Gasteiger partial charge in [0.25, 0.3) is 0 Å². The van der Waals surface area contributed by atoms with Crippen LogP contribution in [0.5, 0.6) is 0 Å². The Balaban J connectivity index is 2.03. The van der Waals surface area contributed by atoms with Crippen LogP contribution in [-0.2, 0) is 14.3 Å². The van der Waals surface area contributed by atoms with E-state index in [-0.39, 0.29) is 17.8 Å². The molecule has 0 unspecified atom stereocenters. The van der Waals surface area contributed by atoms with Crippen molar-refractivity contribution in [2.45, 2.75) is 33.2 Å². The van der Waals surface area contributed by atoms with Crippen molar-refractivity contribution >= 4 is 40.1 Å². The van der Waals surface area contributed by atoms with E-state index < -0.39 is 6.04 Å². The zero-order valence-corrected chi connectivity index (χ0v) is 15.6. The molecule has 2 aliphatic rings. The fraction of sp³-hybridized carbons (Fsp3) is 0.471. The van der Waals surface area contributed by atoms with Crippen LogP contribution >= 0.6 is 23.1 Å². The second-order valence-electron chi connectivity index (χ2n) is 6.17. The Morgan fingerprint density at radius 3 is 2.96 bits per heavy atom. The lowest BCUT2D eigenvalue weighted by Crippen LogP contribution is -2.45. The lowest BCUT2D eigenvalue weighted by Gasteiger charge is -2.38. The number of carbonyl (C=O) groups excluding carboxylic acids is 2. The third-order valence-corrected chi connectivity index (χ3v) is 5.67. The van der Waals surface area contributed by atoms with Gasteiger partial charge in [0.15, 0.2) is 5.17 Å². The zero-order chi connectivity index (χ0) is 17.3. The van der Waals surface area contributed by atoms with E-state index in [1.807, 2.05) is 38.3 Å². The summed E-state index contributed by atoms with van der Waals surface area (Å²) in [6.45, 7) is 6.16. The Morgan fingerprint density at radius 2 is 2.29 bits per heavy atom. The minimum absolute atomic E-state index is 0.00700. The van der Waals surface area contributed by atoms with Crippen LogP contribution in [0, 0.1) is 5.92 Å². The van der Waals surface area contributed by atoms with Gasteiger partial charge in [-0.3, -0.25) is 9.69 Å². The van der Waals surface area contributed by atoms with Crippen LogP contribution in [0.25, 0.3) is 0 Å². The van der Waals surface area contributed by atoms with Crippen LogP contribution in [0.3, 0.4) is 0 Å². The van der Waals surface area contributed by atoms with Crippen molar-refractivity contribution < 1.29 is 14.3 Å². The number of allylic oxidation sites excluding steroid dienone is 1. The molecule has 3 heterocycles. The number of carbonyl (C=O) groups is 2. The van der Waals surface area contributed by atoms with Gasteiger partial charge in [-0.1, -0.05) is 31.7 Å². The largest absolute Gasteiger partial charge is 0.462 e. The highest BCUT2D eigenvalue weighted by molar-refractivity contribution is 8.14. The Bertz CT molecular complexity index is 707. The molecular formula is C17H20N2O3S2. The van der Waals surface area contributed by atoms with Gasteiger partial charge in [0.1, 0.15) is 6.04 Å². The molecule has 0 radical (unpaired) electrons. The predicted molar refractivity (Wildman–Crippen MR) is 96.9 cm³/mol. The Morgan fingerprint density at radius 1 is 1.50 bits per heavy atom. The molecule has 0 aromatic carbocycles. The lowest BCUT2D eigenvalue weighted by atomic mass is 10.00. The van der Waals surface area contributed by atoms with Gasteiger partial charge in [-0.25, -0.2) is 9.79 Å². The second-order valence-corrected chi connectivity index (χ2v) is 8.21. The van der Waals surface area contributed by atoms with E-state index in [2.05, 4.69) is 4.99 Å². The number of nitrogens with zero attached hydrogens (tertiary/aromatic N) is 2. The average molecular weight is 364 g/mol. The molecule has 0 bridgehead atoms. The van der Waals surface area contributed by atoms with Gasteiger partial charge in [-0.15, -0.1) is 11.3 Å². The summed E-state index contributed by atoms with van der Waals surface area (Å²) in [5, 5.41) is 2.64. The maximum absolute atomic E-state index is 12.7. The van der Waals surface area contributed by atoms with E-state index in [4.69, 9.17) is 4.74 Å². The van der Waals surface area contributed by atoms with Crippen molar-refractivity contribution in [2.75, 3.05) is 12.4 Å². The smallest absolute Gasteiger partial charge is 0.338 e. The number of fused-ring (bicyclic) bond motifs is 1. The van der Waals surface area contributed by atoms with Gasteiger partial charge in [0.05, 0.1) is 17.9 Å². The lowest BCUT2D eigenvalue weighted by molar-refractivity contribution is -0.141. The highest BCUT2D eigenvalue weighted by atomic mass is 32.2. The molecular weight excluding hydrogens is 344 g/mol. The fourth-order valence-corrected chi connectivity index (χ4v) is 4.52. The monoisotopic (exact) mass is 364 g/mol. The van der Waals surface area contributed by atoms with Crippen molar-refractivity contribution in [3.63, 3.8) is 0 Å². The molecule has 0 N–H and O–H groups in total. The molecule has 1 saturated heterocycles. The summed E-state index contributed by atoms with van der Waals surface area (Å²) in [5.74, 6) is 0.606. The van der Waals surface area contributed by atoms with E-state index >= 15 is 0 Å². The Labute approximate surface area is 149 Å². The maximum atomic E-state index is 12.7. The Hall–Kier alpha value is -1.60. The summed E-state index contributed by atoms with van der Waals surface area (Å²) in [7, 11) is 0. The van der Waals surface area contributed by atoms with Crippen molar-refractivity contribution in [3.8, 4) is 0 Å². The first kappa shape index (κ1) is 17.2. The molecule has 0 aliphatic carbocycles. The van der Waals surface area contributed by atoms with E-state index in [1.165, 1.54) is 11.3 Å². The minimum atomic E-state index is -0.433. The van der Waals surface area contributed by atoms with Gasteiger partial charge in [-0.05, 0) is 24.3 Å². The summed E-state index contributed by atoms with van der Waals surface area (Å²) in [4.78, 5) is 32.4. The van der Waals surface area contributed by atoms with Crippen LogP contribution in [-0.4, -0.2) is 34.3 Å². The van der Waals surface area contributed by atoms with Gasteiger partial charge < -0.3 is 4.74 Å². The molecule has 5 nitrogen and oxygen atoms in total. The molecule has 1 amide bonds. The first-order valence-electron chi connectivity index (χ1n) is 7.94. The molecule has 128 valence electrons. The SMILES string of the molecule is CC1=C(C(=O)OCC(C)C)[C@@H](c2cccs2)N2C(=O)CCSC2=N1. The van der Waals surface area contributed by atoms with Gasteiger partial charge in [-0.2, -0.15) is 0 Å². The predicted octanol–water partition coefficient (Wildman–Crippen LogP) is 3.60. The van der Waals surface area contributed by atoms with Gasteiger partial charge >= 0.3 is 5.97 Å². The Kier molecular flexibility index (Phi) is 5.10. The van der Waals surface area contributed by atoms with E-state index in [0.29, 0.717) is 29.5 Å². The highest BCUT2D eigenvalue weighted by Gasteiger charge is 2.42. The molecule has 1 aromatic heterocycles. The molecule has 7 heteroatoms. The van der Waals surface area contributed by atoms with Crippen LogP contribution < -0.4 is 0 Å². The van der Waals surface area contributed by atoms with Crippen LogP contribution in [0.2, 0.25) is 0 Å². The fourth-order valence-electron chi connectivity index (χ4n) is 2.69. The molecule has 1 fully saturated rings. The number of rotatable bonds is 4. The molecule has 24 heavy (non-hydrogen) atoms. The summed E-state index contributed by atoms with van der Waals surface area (Å²) in [6.07, 6.45) is 0.457. The number of amides is 1. The normalized spacial score (nSPS) is 21.0. The quantitative estimate of drug-likeness (QED) is 0.766. The topological polar surface area (TPSA) is 59.0 Å². The van der Waals surface area contributed by atoms with Gasteiger partial charge in [0, 0.05) is 17.1 Å². The number of hydrogen-bond donors (Lipinski definition) is 0. The van der Waals surface area contributed by atoms with Gasteiger partial charge in [0.2, 0.25) is 5.91 Å². The molecule has 2 aliphatic heterocycles. The molecule has 0 spiro atoms. The summed E-state index contributed by atoms with van der Waals surface area (Å²) in [5.41, 5.74) is 1.10. The standard InChI is InChI=1S/C17H20N2O3S2/c1-10(2)9-22-16(21)14-11(3)18-17-19(13(20)6-8-24-17)15(14)12-5-4-7-23-12/h4-5,7,10,15H,6,8-9H2,1-3H3/t15-/m1/s1. The number of amidine groups is 1. The average Bonchev–Trinajstić information content (AvgIpc) is 3.05. The van der Waals surface area contributed by atoms with Crippen molar-refractivity contribution in [3.05, 3.63) is 33.7 Å². The number of ether oxygens (including phenoxy) is 1. The molecule has 3 rings (SSSR count). The first-order valence-corrected chi connectivity index (χ1v) is 9.80. The zero-order valence-electron chi connectivity index (χ0n) is 13.9. The number of aliphatic imine (C=N–C) groups is 1. The van der Waals surface area contributed by atoms with E-state index in [9.17, 15) is 9.59 Å². The third kappa shape index (κ3) is 3.28. The number of hydrogen-bond acceptors (Lipinski definition) is 6. The number of esters is 1. The van der Waals surface area contributed by atoms with Crippen molar-refractivity contribution in [1.82, 2.24) is 4.90 Å². The number of thiophene rings is 1. The molecule has 1 aromatic rings. The van der Waals surface area contributed by atoms with Crippen LogP contribution in [0.1, 0.15) is 38.1 Å². The molecule has 1 atom stereocenters. The van der Waals surface area contributed by atoms with Crippen LogP contribution in [0.4, 0.5) is 0 Å². The first-order chi connectivity index (χ1) is 11.5. The van der Waals surface area contributed by atoms with E-state index in [0.717, 1.165) is 10.6 Å². The second kappa shape index (κ2) is 7.11. The molecule has 0 saturated carbocycles. The maximum Gasteiger partial charge on any atom is 0.338 e. The number of thioether (sulfide) groups is 1. The summed E-state index contributed by atoms with van der Waals surface area (Å²) >= 11 is 3.10. The van der Waals surface area contributed by atoms with Crippen molar-refractivity contribution in [1.29, 1.82) is 0 Å². The minimum Gasteiger partial charge on any atom is -0.462 e.